The van der Waals surface area contributed by atoms with Crippen molar-refractivity contribution in [3.8, 4) is 0 Å². The molecule has 1 rings (SSSR count). The fourth-order valence-corrected chi connectivity index (χ4v) is 1.93. The zero-order chi connectivity index (χ0) is 11.1. The van der Waals surface area contributed by atoms with E-state index in [1.807, 2.05) is 0 Å². The second kappa shape index (κ2) is 7.17. The summed E-state index contributed by atoms with van der Waals surface area (Å²) in [5.41, 5.74) is 5.36. The van der Waals surface area contributed by atoms with Crippen LogP contribution in [0.4, 0.5) is 0 Å². The molecule has 1 saturated heterocycles. The van der Waals surface area contributed by atoms with Crippen molar-refractivity contribution < 1.29 is 9.47 Å². The molecule has 1 aliphatic heterocycles. The average Bonchev–Trinajstić information content (AvgIpc) is 2.25. The molecule has 0 aliphatic carbocycles. The summed E-state index contributed by atoms with van der Waals surface area (Å²) in [6, 6.07) is 0.558. The maximum atomic E-state index is 5.64. The maximum absolute atomic E-state index is 5.64. The molecule has 1 aliphatic rings. The summed E-state index contributed by atoms with van der Waals surface area (Å²) in [5.74, 6) is 0. The number of nitrogens with two attached hydrogens (primary N) is 1. The largest absolute Gasteiger partial charge is 0.379 e. The van der Waals surface area contributed by atoms with Gasteiger partial charge in [0.05, 0.1) is 25.9 Å². The van der Waals surface area contributed by atoms with Crippen molar-refractivity contribution >= 4 is 0 Å². The maximum Gasteiger partial charge on any atom is 0.0674 e. The molecule has 2 atom stereocenters. The van der Waals surface area contributed by atoms with Crippen molar-refractivity contribution in [2.75, 3.05) is 39.5 Å². The number of hydrogen-bond donors (Lipinski definition) is 1. The van der Waals surface area contributed by atoms with Gasteiger partial charge in [-0.15, -0.1) is 0 Å². The van der Waals surface area contributed by atoms with E-state index in [0.29, 0.717) is 25.3 Å². The normalized spacial score (nSPS) is 28.2. The molecule has 0 bridgehead atoms. The molecule has 2 unspecified atom stereocenters. The topological polar surface area (TPSA) is 47.7 Å². The van der Waals surface area contributed by atoms with Crippen LogP contribution in [0.25, 0.3) is 0 Å². The molecule has 0 spiro atoms. The van der Waals surface area contributed by atoms with Crippen LogP contribution in [0, 0.1) is 0 Å². The number of morpholine rings is 1. The summed E-state index contributed by atoms with van der Waals surface area (Å²) in [4.78, 5) is 2.46. The first-order valence-corrected chi connectivity index (χ1v) is 5.91. The average molecular weight is 216 g/mol. The van der Waals surface area contributed by atoms with E-state index in [0.717, 1.165) is 32.7 Å². The Labute approximate surface area is 92.7 Å². The predicted molar refractivity (Wildman–Crippen MR) is 60.9 cm³/mol. The zero-order valence-corrected chi connectivity index (χ0v) is 9.95. The second-order valence-corrected chi connectivity index (χ2v) is 4.10. The standard InChI is InChI=1S/C11H24N2O2/c1-3-11-9-15-10(2)8-13(11)5-7-14-6-4-12/h10-11H,3-9,12H2,1-2H3. The van der Waals surface area contributed by atoms with Gasteiger partial charge in [0.2, 0.25) is 0 Å². The Morgan fingerprint density at radius 2 is 2.27 bits per heavy atom. The lowest BCUT2D eigenvalue weighted by Crippen LogP contribution is -2.49. The fraction of sp³-hybridized carbons (Fsp3) is 1.00. The highest BCUT2D eigenvalue weighted by atomic mass is 16.5. The van der Waals surface area contributed by atoms with Crippen LogP contribution in [0.3, 0.4) is 0 Å². The summed E-state index contributed by atoms with van der Waals surface area (Å²) >= 11 is 0. The first kappa shape index (κ1) is 12.9. The molecule has 1 heterocycles. The van der Waals surface area contributed by atoms with E-state index >= 15 is 0 Å². The van der Waals surface area contributed by atoms with Crippen LogP contribution in [0.5, 0.6) is 0 Å². The van der Waals surface area contributed by atoms with E-state index in [1.54, 1.807) is 0 Å². The van der Waals surface area contributed by atoms with Gasteiger partial charge in [-0.2, -0.15) is 0 Å². The minimum absolute atomic E-state index is 0.349. The Hall–Kier alpha value is -0.160. The molecule has 4 heteroatoms. The third-order valence-corrected chi connectivity index (χ3v) is 2.84. The molecular weight excluding hydrogens is 192 g/mol. The SMILES string of the molecule is CCC1COC(C)CN1CCOCCN. The van der Waals surface area contributed by atoms with Crippen LogP contribution in [-0.2, 0) is 9.47 Å². The van der Waals surface area contributed by atoms with Gasteiger partial charge >= 0.3 is 0 Å². The second-order valence-electron chi connectivity index (χ2n) is 4.10. The van der Waals surface area contributed by atoms with Crippen molar-refractivity contribution in [3.05, 3.63) is 0 Å². The van der Waals surface area contributed by atoms with Crippen LogP contribution < -0.4 is 5.73 Å². The van der Waals surface area contributed by atoms with E-state index in [-0.39, 0.29) is 0 Å². The highest BCUT2D eigenvalue weighted by Crippen LogP contribution is 2.13. The molecule has 2 N–H and O–H groups in total. The Kier molecular flexibility index (Phi) is 6.17. The molecule has 15 heavy (non-hydrogen) atoms. The van der Waals surface area contributed by atoms with E-state index < -0.39 is 0 Å². The van der Waals surface area contributed by atoms with Crippen LogP contribution in [0.2, 0.25) is 0 Å². The first-order chi connectivity index (χ1) is 7.27. The summed E-state index contributed by atoms with van der Waals surface area (Å²) in [6.07, 6.45) is 1.49. The molecule has 0 radical (unpaired) electrons. The van der Waals surface area contributed by atoms with Gasteiger partial charge in [0.1, 0.15) is 0 Å². The van der Waals surface area contributed by atoms with Gasteiger partial charge in [0.25, 0.3) is 0 Å². The molecule has 0 aromatic heterocycles. The first-order valence-electron chi connectivity index (χ1n) is 5.91. The van der Waals surface area contributed by atoms with Gasteiger partial charge in [-0.25, -0.2) is 0 Å². The summed E-state index contributed by atoms with van der Waals surface area (Å²) in [6.45, 7) is 9.25. The van der Waals surface area contributed by atoms with Gasteiger partial charge in [0.15, 0.2) is 0 Å². The van der Waals surface area contributed by atoms with Crippen LogP contribution >= 0.6 is 0 Å². The summed E-state index contributed by atoms with van der Waals surface area (Å²) < 4.78 is 11.0. The predicted octanol–water partition coefficient (Wildman–Crippen LogP) is 0.461. The molecule has 90 valence electrons. The molecule has 0 amide bonds. The van der Waals surface area contributed by atoms with E-state index in [4.69, 9.17) is 15.2 Å². The molecule has 0 aromatic carbocycles. The fourth-order valence-electron chi connectivity index (χ4n) is 1.93. The van der Waals surface area contributed by atoms with Crippen molar-refractivity contribution in [1.82, 2.24) is 4.90 Å². The lowest BCUT2D eigenvalue weighted by Gasteiger charge is -2.38. The van der Waals surface area contributed by atoms with Crippen molar-refractivity contribution in [1.29, 1.82) is 0 Å². The van der Waals surface area contributed by atoms with Crippen LogP contribution in [0.1, 0.15) is 20.3 Å². The van der Waals surface area contributed by atoms with Gasteiger partial charge < -0.3 is 15.2 Å². The molecule has 0 saturated carbocycles. The van der Waals surface area contributed by atoms with Crippen molar-refractivity contribution in [2.24, 2.45) is 5.73 Å². The zero-order valence-electron chi connectivity index (χ0n) is 9.95. The quantitative estimate of drug-likeness (QED) is 0.655. The third-order valence-electron chi connectivity index (χ3n) is 2.84. The molecular formula is C11H24N2O2. The minimum atomic E-state index is 0.349. The minimum Gasteiger partial charge on any atom is -0.379 e. The highest BCUT2D eigenvalue weighted by molar-refractivity contribution is 4.77. The Bertz CT molecular complexity index is 167. The van der Waals surface area contributed by atoms with Crippen molar-refractivity contribution in [2.45, 2.75) is 32.4 Å². The number of ether oxygens (including phenoxy) is 2. The third kappa shape index (κ3) is 4.47. The van der Waals surface area contributed by atoms with E-state index in [2.05, 4.69) is 18.7 Å². The number of hydrogen-bond acceptors (Lipinski definition) is 4. The summed E-state index contributed by atoms with van der Waals surface area (Å²) in [5, 5.41) is 0. The van der Waals surface area contributed by atoms with E-state index in [9.17, 15) is 0 Å². The summed E-state index contributed by atoms with van der Waals surface area (Å²) in [7, 11) is 0. The Morgan fingerprint density at radius 3 is 2.93 bits per heavy atom. The lowest BCUT2D eigenvalue weighted by molar-refractivity contribution is -0.0628. The number of nitrogens with zero attached hydrogens (tertiary/aromatic N) is 1. The monoisotopic (exact) mass is 216 g/mol. The lowest BCUT2D eigenvalue weighted by atomic mass is 10.1. The highest BCUT2D eigenvalue weighted by Gasteiger charge is 2.24. The van der Waals surface area contributed by atoms with Gasteiger partial charge in [0, 0.05) is 25.7 Å². The van der Waals surface area contributed by atoms with Gasteiger partial charge in [-0.3, -0.25) is 4.90 Å². The van der Waals surface area contributed by atoms with Gasteiger partial charge in [-0.1, -0.05) is 6.92 Å². The van der Waals surface area contributed by atoms with Gasteiger partial charge in [-0.05, 0) is 13.3 Å². The van der Waals surface area contributed by atoms with Crippen molar-refractivity contribution in [3.63, 3.8) is 0 Å². The van der Waals surface area contributed by atoms with Crippen LogP contribution in [0.15, 0.2) is 0 Å². The molecule has 0 aromatic rings. The Morgan fingerprint density at radius 1 is 1.47 bits per heavy atom. The van der Waals surface area contributed by atoms with Crippen LogP contribution in [-0.4, -0.2) is 56.5 Å². The molecule has 1 fully saturated rings. The number of rotatable bonds is 6. The Balaban J connectivity index is 2.22. The van der Waals surface area contributed by atoms with E-state index in [1.165, 1.54) is 0 Å². The molecule has 4 nitrogen and oxygen atoms in total. The smallest absolute Gasteiger partial charge is 0.0674 e.